The normalized spacial score (nSPS) is 12.1. The molecule has 5 heteroatoms. The maximum absolute atomic E-state index is 12.8. The smallest absolute Gasteiger partial charge is 0.274 e. The molecule has 0 radical (unpaired) electrons. The molecule has 218 valence electrons. The summed E-state index contributed by atoms with van der Waals surface area (Å²) in [7, 11) is 1.44. The van der Waals surface area contributed by atoms with Crippen LogP contribution in [0.15, 0.2) is 146 Å². The van der Waals surface area contributed by atoms with Gasteiger partial charge in [0, 0.05) is 11.8 Å². The van der Waals surface area contributed by atoms with E-state index >= 15 is 0 Å². The standard InChI is InChI=1S/C39H35N3O2/c1-28-15-13-24-35(29(28)2)37(30-16-14-17-31(25-30)38(43)41-44-3)36-26-42(27-40-36)39(32-18-7-4-8-19-32,33-20-9-5-10-21-33)34-22-11-6-12-23-34/h4-27,37H,1-3H3,(H,41,43). The van der Waals surface area contributed by atoms with Crippen LogP contribution >= 0.6 is 0 Å². The summed E-state index contributed by atoms with van der Waals surface area (Å²) < 4.78 is 2.24. The van der Waals surface area contributed by atoms with Gasteiger partial charge in [-0.05, 0) is 64.9 Å². The minimum Gasteiger partial charge on any atom is -0.319 e. The molecule has 0 spiro atoms. The van der Waals surface area contributed by atoms with E-state index < -0.39 is 5.54 Å². The molecule has 6 rings (SSSR count). The topological polar surface area (TPSA) is 56.1 Å². The summed E-state index contributed by atoms with van der Waals surface area (Å²) >= 11 is 0. The Morgan fingerprint density at radius 1 is 0.750 bits per heavy atom. The second kappa shape index (κ2) is 12.5. The highest BCUT2D eigenvalue weighted by Gasteiger charge is 2.39. The minimum absolute atomic E-state index is 0.216. The number of nitrogens with one attached hydrogen (secondary N) is 1. The second-order valence-corrected chi connectivity index (χ2v) is 11.0. The third-order valence-corrected chi connectivity index (χ3v) is 8.49. The molecule has 1 N–H and O–H groups in total. The van der Waals surface area contributed by atoms with Crippen LogP contribution in [0.5, 0.6) is 0 Å². The highest BCUT2D eigenvalue weighted by molar-refractivity contribution is 5.93. The summed E-state index contributed by atoms with van der Waals surface area (Å²) in [5.41, 5.74) is 11.1. The zero-order valence-corrected chi connectivity index (χ0v) is 25.1. The number of amides is 1. The Morgan fingerprint density at radius 3 is 1.89 bits per heavy atom. The molecule has 1 amide bonds. The van der Waals surface area contributed by atoms with Gasteiger partial charge in [-0.3, -0.25) is 9.63 Å². The van der Waals surface area contributed by atoms with Crippen LogP contribution in [-0.4, -0.2) is 22.6 Å². The molecule has 0 saturated carbocycles. The molecule has 0 aliphatic carbocycles. The number of nitrogens with zero attached hydrogens (tertiary/aromatic N) is 2. The van der Waals surface area contributed by atoms with Crippen LogP contribution in [0.25, 0.3) is 0 Å². The lowest BCUT2D eigenvalue weighted by Crippen LogP contribution is -2.37. The fraction of sp³-hybridized carbons (Fsp3) is 0.128. The minimum atomic E-state index is -0.679. The average Bonchev–Trinajstić information content (AvgIpc) is 3.55. The number of rotatable bonds is 9. The SMILES string of the molecule is CONC(=O)c1cccc(C(c2cn(C(c3ccccc3)(c3ccccc3)c3ccccc3)cn2)c2cccc(C)c2C)c1. The lowest BCUT2D eigenvalue weighted by Gasteiger charge is -2.37. The van der Waals surface area contributed by atoms with Crippen molar-refractivity contribution in [3.63, 3.8) is 0 Å². The van der Waals surface area contributed by atoms with E-state index in [1.54, 1.807) is 6.07 Å². The number of carbonyl (C=O) groups is 1. The van der Waals surface area contributed by atoms with E-state index in [-0.39, 0.29) is 11.8 Å². The van der Waals surface area contributed by atoms with Crippen molar-refractivity contribution in [1.82, 2.24) is 15.0 Å². The summed E-state index contributed by atoms with van der Waals surface area (Å²) in [6, 6.07) is 45.8. The number of imidazole rings is 1. The summed E-state index contributed by atoms with van der Waals surface area (Å²) in [6.07, 6.45) is 4.11. The molecule has 44 heavy (non-hydrogen) atoms. The summed E-state index contributed by atoms with van der Waals surface area (Å²) in [5, 5.41) is 0. The average molecular weight is 578 g/mol. The van der Waals surface area contributed by atoms with Crippen LogP contribution < -0.4 is 5.48 Å². The maximum Gasteiger partial charge on any atom is 0.274 e. The first-order valence-corrected chi connectivity index (χ1v) is 14.7. The molecule has 0 aliphatic heterocycles. The lowest BCUT2D eigenvalue weighted by molar-refractivity contribution is 0.0537. The van der Waals surface area contributed by atoms with Gasteiger partial charge in [-0.25, -0.2) is 10.5 Å². The Kier molecular flexibility index (Phi) is 8.22. The molecule has 1 unspecified atom stereocenters. The van der Waals surface area contributed by atoms with E-state index in [2.05, 4.69) is 127 Å². The van der Waals surface area contributed by atoms with Gasteiger partial charge in [0.15, 0.2) is 0 Å². The van der Waals surface area contributed by atoms with E-state index in [4.69, 9.17) is 9.82 Å². The molecular weight excluding hydrogens is 542 g/mol. The van der Waals surface area contributed by atoms with Gasteiger partial charge in [0.05, 0.1) is 25.0 Å². The molecule has 5 nitrogen and oxygen atoms in total. The van der Waals surface area contributed by atoms with E-state index in [9.17, 15) is 4.79 Å². The molecule has 1 heterocycles. The van der Waals surface area contributed by atoms with Crippen molar-refractivity contribution in [2.45, 2.75) is 25.3 Å². The molecule has 0 aliphatic rings. The highest BCUT2D eigenvalue weighted by Crippen LogP contribution is 2.42. The van der Waals surface area contributed by atoms with Gasteiger partial charge in [0.2, 0.25) is 0 Å². The van der Waals surface area contributed by atoms with Gasteiger partial charge < -0.3 is 4.57 Å². The molecular formula is C39H35N3O2. The first-order chi connectivity index (χ1) is 21.5. The van der Waals surface area contributed by atoms with Crippen molar-refractivity contribution in [3.8, 4) is 0 Å². The Hall–Kier alpha value is -5.26. The fourth-order valence-corrected chi connectivity index (χ4v) is 6.26. The molecule has 0 fully saturated rings. The van der Waals surface area contributed by atoms with E-state index in [0.717, 1.165) is 33.5 Å². The predicted octanol–water partition coefficient (Wildman–Crippen LogP) is 7.81. The van der Waals surface area contributed by atoms with Crippen LogP contribution in [-0.2, 0) is 10.4 Å². The van der Waals surface area contributed by atoms with Crippen LogP contribution in [0.1, 0.15) is 60.9 Å². The second-order valence-electron chi connectivity index (χ2n) is 11.0. The number of hydrogen-bond acceptors (Lipinski definition) is 3. The van der Waals surface area contributed by atoms with Crippen molar-refractivity contribution in [1.29, 1.82) is 0 Å². The largest absolute Gasteiger partial charge is 0.319 e. The zero-order chi connectivity index (χ0) is 30.5. The third-order valence-electron chi connectivity index (χ3n) is 8.49. The quantitative estimate of drug-likeness (QED) is 0.141. The maximum atomic E-state index is 12.8. The first kappa shape index (κ1) is 28.8. The molecule has 5 aromatic carbocycles. The fourth-order valence-electron chi connectivity index (χ4n) is 6.26. The van der Waals surface area contributed by atoms with Gasteiger partial charge >= 0.3 is 0 Å². The van der Waals surface area contributed by atoms with Gasteiger partial charge in [0.25, 0.3) is 5.91 Å². The van der Waals surface area contributed by atoms with E-state index in [1.165, 1.54) is 18.2 Å². The highest BCUT2D eigenvalue weighted by atomic mass is 16.6. The number of aromatic nitrogens is 2. The molecule has 0 bridgehead atoms. The van der Waals surface area contributed by atoms with Crippen molar-refractivity contribution in [3.05, 3.63) is 196 Å². The zero-order valence-electron chi connectivity index (χ0n) is 25.1. The molecule has 1 atom stereocenters. The Labute approximate surface area is 258 Å². The van der Waals surface area contributed by atoms with Crippen LogP contribution in [0.2, 0.25) is 0 Å². The summed E-state index contributed by atoms with van der Waals surface area (Å²) in [5.74, 6) is -0.512. The van der Waals surface area contributed by atoms with Crippen LogP contribution in [0, 0.1) is 13.8 Å². The molecule has 0 saturated heterocycles. The molecule has 1 aromatic heterocycles. The van der Waals surface area contributed by atoms with E-state index in [0.29, 0.717) is 5.56 Å². The number of carbonyl (C=O) groups excluding carboxylic acids is 1. The number of hydrogen-bond donors (Lipinski definition) is 1. The van der Waals surface area contributed by atoms with Crippen molar-refractivity contribution < 1.29 is 9.63 Å². The Bertz CT molecular complexity index is 1770. The Balaban J connectivity index is 1.61. The monoisotopic (exact) mass is 577 g/mol. The van der Waals surface area contributed by atoms with Crippen LogP contribution in [0.4, 0.5) is 0 Å². The first-order valence-electron chi connectivity index (χ1n) is 14.7. The third kappa shape index (κ3) is 5.23. The number of hydroxylamine groups is 1. The predicted molar refractivity (Wildman–Crippen MR) is 175 cm³/mol. The van der Waals surface area contributed by atoms with Gasteiger partial charge in [-0.2, -0.15) is 0 Å². The number of aryl methyl sites for hydroxylation is 1. The number of benzene rings is 5. The van der Waals surface area contributed by atoms with Gasteiger partial charge in [-0.1, -0.05) is 121 Å². The molecule has 6 aromatic rings. The summed E-state index contributed by atoms with van der Waals surface area (Å²) in [6.45, 7) is 4.28. The Morgan fingerprint density at radius 2 is 1.32 bits per heavy atom. The van der Waals surface area contributed by atoms with Crippen molar-refractivity contribution in [2.24, 2.45) is 0 Å². The van der Waals surface area contributed by atoms with Crippen molar-refractivity contribution >= 4 is 5.91 Å². The summed E-state index contributed by atoms with van der Waals surface area (Å²) in [4.78, 5) is 22.8. The van der Waals surface area contributed by atoms with Gasteiger partial charge in [0.1, 0.15) is 5.54 Å². The van der Waals surface area contributed by atoms with Crippen LogP contribution in [0.3, 0.4) is 0 Å². The van der Waals surface area contributed by atoms with Gasteiger partial charge in [-0.15, -0.1) is 0 Å². The van der Waals surface area contributed by atoms with E-state index in [1.807, 2.05) is 36.7 Å². The lowest BCUT2D eigenvalue weighted by atomic mass is 9.76. The van der Waals surface area contributed by atoms with Crippen molar-refractivity contribution in [2.75, 3.05) is 7.11 Å².